The lowest BCUT2D eigenvalue weighted by Gasteiger charge is -2.13. The quantitative estimate of drug-likeness (QED) is 0.884. The van der Waals surface area contributed by atoms with E-state index in [1.165, 1.54) is 0 Å². The molecule has 1 aromatic carbocycles. The summed E-state index contributed by atoms with van der Waals surface area (Å²) in [6.07, 6.45) is 1.95. The zero-order chi connectivity index (χ0) is 11.1. The smallest absolute Gasteiger partial charge is 0.304 e. The van der Waals surface area contributed by atoms with Crippen LogP contribution in [-0.2, 0) is 10.2 Å². The van der Waals surface area contributed by atoms with Gasteiger partial charge in [-0.1, -0.05) is 23.2 Å². The molecule has 15 heavy (non-hydrogen) atoms. The predicted octanol–water partition coefficient (Wildman–Crippen LogP) is 3.50. The minimum Gasteiger partial charge on any atom is -0.481 e. The Morgan fingerprint density at radius 1 is 1.27 bits per heavy atom. The Kier molecular flexibility index (Phi) is 2.65. The fourth-order valence-corrected chi connectivity index (χ4v) is 2.39. The van der Waals surface area contributed by atoms with Crippen molar-refractivity contribution in [3.05, 3.63) is 33.8 Å². The van der Waals surface area contributed by atoms with E-state index in [1.807, 2.05) is 12.1 Å². The number of hydrogen-bond donors (Lipinski definition) is 1. The normalized spacial score (nSPS) is 17.5. The van der Waals surface area contributed by atoms with Gasteiger partial charge in [0.05, 0.1) is 6.42 Å². The van der Waals surface area contributed by atoms with Crippen LogP contribution in [0.2, 0.25) is 10.0 Å². The summed E-state index contributed by atoms with van der Waals surface area (Å²) in [5.41, 5.74) is 0.725. The molecular weight excluding hydrogens is 235 g/mol. The van der Waals surface area contributed by atoms with E-state index in [0.717, 1.165) is 18.4 Å². The van der Waals surface area contributed by atoms with Gasteiger partial charge in [-0.05, 0) is 36.6 Å². The van der Waals surface area contributed by atoms with Crippen LogP contribution < -0.4 is 0 Å². The van der Waals surface area contributed by atoms with Crippen LogP contribution in [0, 0.1) is 0 Å². The Balaban J connectivity index is 2.32. The van der Waals surface area contributed by atoms with Crippen LogP contribution in [0.15, 0.2) is 18.2 Å². The van der Waals surface area contributed by atoms with Crippen molar-refractivity contribution in [2.75, 3.05) is 0 Å². The molecule has 4 heteroatoms. The van der Waals surface area contributed by atoms with Crippen molar-refractivity contribution < 1.29 is 9.90 Å². The molecule has 0 spiro atoms. The van der Waals surface area contributed by atoms with Crippen LogP contribution in [0.1, 0.15) is 24.8 Å². The molecule has 2 nitrogen and oxygen atoms in total. The highest BCUT2D eigenvalue weighted by atomic mass is 35.5. The standard InChI is InChI=1S/C11H10Cl2O2/c12-8-3-7(4-9(13)5-8)11(1-2-11)6-10(14)15/h3-5H,1-2,6H2,(H,14,15). The summed E-state index contributed by atoms with van der Waals surface area (Å²) in [4.78, 5) is 10.7. The lowest BCUT2D eigenvalue weighted by Crippen LogP contribution is -2.12. The van der Waals surface area contributed by atoms with E-state index < -0.39 is 5.97 Å². The first-order valence-electron chi connectivity index (χ1n) is 4.70. The largest absolute Gasteiger partial charge is 0.481 e. The molecule has 0 bridgehead atoms. The maximum Gasteiger partial charge on any atom is 0.304 e. The summed E-state index contributed by atoms with van der Waals surface area (Å²) >= 11 is 11.8. The minimum absolute atomic E-state index is 0.156. The lowest BCUT2D eigenvalue weighted by atomic mass is 9.92. The third kappa shape index (κ3) is 2.27. The topological polar surface area (TPSA) is 37.3 Å². The van der Waals surface area contributed by atoms with Crippen molar-refractivity contribution in [2.24, 2.45) is 0 Å². The van der Waals surface area contributed by atoms with Gasteiger partial charge < -0.3 is 5.11 Å². The van der Waals surface area contributed by atoms with Gasteiger partial charge in [-0.3, -0.25) is 4.79 Å². The summed E-state index contributed by atoms with van der Waals surface area (Å²) < 4.78 is 0. The summed E-state index contributed by atoms with van der Waals surface area (Å²) in [5.74, 6) is -0.774. The number of carbonyl (C=O) groups is 1. The Morgan fingerprint density at radius 3 is 2.20 bits per heavy atom. The maximum absolute atomic E-state index is 10.7. The molecule has 0 amide bonds. The number of carboxylic acids is 1. The summed E-state index contributed by atoms with van der Waals surface area (Å²) in [5, 5.41) is 9.95. The number of carboxylic acid groups (broad SMARTS) is 1. The lowest BCUT2D eigenvalue weighted by molar-refractivity contribution is -0.137. The fraction of sp³-hybridized carbons (Fsp3) is 0.364. The molecular formula is C11H10Cl2O2. The number of rotatable bonds is 3. The number of aliphatic carboxylic acids is 1. The Hall–Kier alpha value is -0.730. The summed E-state index contributed by atoms with van der Waals surface area (Å²) in [6.45, 7) is 0. The van der Waals surface area contributed by atoms with E-state index in [-0.39, 0.29) is 11.8 Å². The molecule has 0 heterocycles. The highest BCUT2D eigenvalue weighted by Gasteiger charge is 2.46. The van der Waals surface area contributed by atoms with Gasteiger partial charge in [-0.25, -0.2) is 0 Å². The molecule has 0 saturated heterocycles. The van der Waals surface area contributed by atoms with Gasteiger partial charge in [0.15, 0.2) is 0 Å². The molecule has 1 N–H and O–H groups in total. The molecule has 1 saturated carbocycles. The van der Waals surface area contributed by atoms with E-state index in [1.54, 1.807) is 6.07 Å². The Bertz CT molecular complexity index is 391. The van der Waals surface area contributed by atoms with Crippen molar-refractivity contribution in [3.63, 3.8) is 0 Å². The molecule has 1 aliphatic rings. The van der Waals surface area contributed by atoms with Crippen LogP contribution in [0.4, 0.5) is 0 Å². The molecule has 1 aliphatic carbocycles. The van der Waals surface area contributed by atoms with Gasteiger partial charge in [-0.2, -0.15) is 0 Å². The van der Waals surface area contributed by atoms with Crippen molar-refractivity contribution in [3.8, 4) is 0 Å². The van der Waals surface area contributed by atoms with Crippen LogP contribution in [0.25, 0.3) is 0 Å². The van der Waals surface area contributed by atoms with Gasteiger partial charge in [0, 0.05) is 15.5 Å². The first kappa shape index (κ1) is 10.8. The highest BCUT2D eigenvalue weighted by molar-refractivity contribution is 6.34. The molecule has 0 aromatic heterocycles. The molecule has 0 aliphatic heterocycles. The number of benzene rings is 1. The second kappa shape index (κ2) is 3.69. The monoisotopic (exact) mass is 244 g/mol. The van der Waals surface area contributed by atoms with E-state index >= 15 is 0 Å². The van der Waals surface area contributed by atoms with Gasteiger partial charge >= 0.3 is 5.97 Å². The zero-order valence-electron chi connectivity index (χ0n) is 7.96. The fourth-order valence-electron chi connectivity index (χ4n) is 1.87. The molecule has 2 rings (SSSR count). The summed E-state index contributed by atoms with van der Waals surface area (Å²) in [6, 6.07) is 5.27. The van der Waals surface area contributed by atoms with E-state index in [9.17, 15) is 4.79 Å². The first-order valence-corrected chi connectivity index (χ1v) is 5.46. The first-order chi connectivity index (χ1) is 7.02. The third-order valence-electron chi connectivity index (χ3n) is 2.82. The van der Waals surface area contributed by atoms with Crippen molar-refractivity contribution in [1.82, 2.24) is 0 Å². The molecule has 1 aromatic rings. The van der Waals surface area contributed by atoms with Crippen molar-refractivity contribution in [1.29, 1.82) is 0 Å². The molecule has 0 radical (unpaired) electrons. The third-order valence-corrected chi connectivity index (χ3v) is 3.25. The second-order valence-corrected chi connectivity index (χ2v) is 4.88. The van der Waals surface area contributed by atoms with Gasteiger partial charge in [0.25, 0.3) is 0 Å². The number of hydrogen-bond acceptors (Lipinski definition) is 1. The predicted molar refractivity (Wildman–Crippen MR) is 59.6 cm³/mol. The van der Waals surface area contributed by atoms with Crippen LogP contribution in [0.3, 0.4) is 0 Å². The minimum atomic E-state index is -0.774. The number of halogens is 2. The maximum atomic E-state index is 10.7. The van der Waals surface area contributed by atoms with E-state index in [0.29, 0.717) is 10.0 Å². The molecule has 1 fully saturated rings. The van der Waals surface area contributed by atoms with Crippen molar-refractivity contribution >= 4 is 29.2 Å². The average molecular weight is 245 g/mol. The SMILES string of the molecule is O=C(O)CC1(c2cc(Cl)cc(Cl)c2)CC1. The highest BCUT2D eigenvalue weighted by Crippen LogP contribution is 2.51. The molecule has 0 unspecified atom stereocenters. The average Bonchev–Trinajstić information content (AvgIpc) is 2.82. The zero-order valence-corrected chi connectivity index (χ0v) is 9.48. The van der Waals surface area contributed by atoms with E-state index in [2.05, 4.69) is 0 Å². The van der Waals surface area contributed by atoms with Crippen LogP contribution in [0.5, 0.6) is 0 Å². The van der Waals surface area contributed by atoms with Crippen LogP contribution in [-0.4, -0.2) is 11.1 Å². The Labute approximate surface area is 97.8 Å². The van der Waals surface area contributed by atoms with E-state index in [4.69, 9.17) is 28.3 Å². The van der Waals surface area contributed by atoms with Gasteiger partial charge in [0.2, 0.25) is 0 Å². The summed E-state index contributed by atoms with van der Waals surface area (Å²) in [7, 11) is 0. The molecule has 0 atom stereocenters. The van der Waals surface area contributed by atoms with Gasteiger partial charge in [0.1, 0.15) is 0 Å². The van der Waals surface area contributed by atoms with Crippen LogP contribution >= 0.6 is 23.2 Å². The Morgan fingerprint density at radius 2 is 1.80 bits per heavy atom. The van der Waals surface area contributed by atoms with Crippen molar-refractivity contribution in [2.45, 2.75) is 24.7 Å². The second-order valence-electron chi connectivity index (χ2n) is 4.01. The molecule has 80 valence electrons. The van der Waals surface area contributed by atoms with Gasteiger partial charge in [-0.15, -0.1) is 0 Å².